The number of methoxy groups -OCH3 is 1. The van der Waals surface area contributed by atoms with Gasteiger partial charge in [-0.15, -0.1) is 0 Å². The molecule has 0 saturated carbocycles. The lowest BCUT2D eigenvalue weighted by molar-refractivity contribution is 0.0420. The fraction of sp³-hybridized carbons (Fsp3) is 0.588. The van der Waals surface area contributed by atoms with Gasteiger partial charge in [-0.25, -0.2) is 0 Å². The van der Waals surface area contributed by atoms with Crippen LogP contribution >= 0.6 is 0 Å². The van der Waals surface area contributed by atoms with Crippen LogP contribution in [0.4, 0.5) is 0 Å². The lowest BCUT2D eigenvalue weighted by atomic mass is 10.2. The predicted molar refractivity (Wildman–Crippen MR) is 91.0 cm³/mol. The van der Waals surface area contributed by atoms with Crippen LogP contribution in [0, 0.1) is 0 Å². The summed E-state index contributed by atoms with van der Waals surface area (Å²) in [7, 11) is 3.45. The fourth-order valence-corrected chi connectivity index (χ4v) is 2.42. The summed E-state index contributed by atoms with van der Waals surface area (Å²) in [6.45, 7) is 3.78. The number of nitrogens with one attached hydrogen (secondary N) is 2. The highest BCUT2D eigenvalue weighted by atomic mass is 16.5. The molecule has 0 radical (unpaired) electrons. The molecule has 2 rings (SSSR count). The zero-order chi connectivity index (χ0) is 16.3. The van der Waals surface area contributed by atoms with Crippen LogP contribution in [-0.2, 0) is 16.0 Å². The predicted octanol–water partition coefficient (Wildman–Crippen LogP) is 1.56. The third kappa shape index (κ3) is 6.08. The number of aliphatic imine (C=N–C) groups is 1. The molecule has 128 valence electrons. The maximum Gasteiger partial charge on any atom is 0.191 e. The molecule has 1 saturated heterocycles. The highest BCUT2D eigenvalue weighted by molar-refractivity contribution is 5.79. The Hall–Kier alpha value is -1.79. The van der Waals surface area contributed by atoms with Crippen molar-refractivity contribution in [3.05, 3.63) is 29.8 Å². The van der Waals surface area contributed by atoms with Gasteiger partial charge in [-0.1, -0.05) is 18.2 Å². The highest BCUT2D eigenvalue weighted by Gasteiger charge is 2.15. The Kier molecular flexibility index (Phi) is 7.69. The number of benzene rings is 1. The van der Waals surface area contributed by atoms with Crippen molar-refractivity contribution in [1.82, 2.24) is 10.6 Å². The molecule has 2 N–H and O–H groups in total. The van der Waals surface area contributed by atoms with Crippen molar-refractivity contribution < 1.29 is 14.2 Å². The number of guanidine groups is 1. The molecule has 0 bridgehead atoms. The molecule has 1 fully saturated rings. The van der Waals surface area contributed by atoms with Gasteiger partial charge >= 0.3 is 0 Å². The van der Waals surface area contributed by atoms with Crippen LogP contribution in [-0.4, -0.2) is 52.6 Å². The Morgan fingerprint density at radius 3 is 2.96 bits per heavy atom. The normalized spacial score (nSPS) is 18.0. The van der Waals surface area contributed by atoms with E-state index in [2.05, 4.69) is 15.6 Å². The summed E-state index contributed by atoms with van der Waals surface area (Å²) in [6.07, 6.45) is 2.22. The van der Waals surface area contributed by atoms with Gasteiger partial charge in [0.2, 0.25) is 0 Å². The van der Waals surface area contributed by atoms with E-state index in [1.807, 2.05) is 24.3 Å². The molecular weight excluding hydrogens is 294 g/mol. The first-order valence-electron chi connectivity index (χ1n) is 8.09. The zero-order valence-electron chi connectivity index (χ0n) is 14.0. The van der Waals surface area contributed by atoms with Crippen molar-refractivity contribution in [1.29, 1.82) is 0 Å². The SMILES string of the molecule is CN=C(NCCCOC1CCOC1)NCc1ccccc1OC. The maximum atomic E-state index is 5.74. The van der Waals surface area contributed by atoms with E-state index in [1.54, 1.807) is 14.2 Å². The summed E-state index contributed by atoms with van der Waals surface area (Å²) in [5.74, 6) is 1.66. The molecule has 1 aromatic carbocycles. The van der Waals surface area contributed by atoms with Gasteiger partial charge in [0, 0.05) is 38.9 Å². The molecule has 1 aliphatic rings. The van der Waals surface area contributed by atoms with Gasteiger partial charge in [-0.3, -0.25) is 4.99 Å². The Bertz CT molecular complexity index is 488. The average molecular weight is 321 g/mol. The molecule has 0 amide bonds. The molecule has 1 unspecified atom stereocenters. The van der Waals surface area contributed by atoms with E-state index >= 15 is 0 Å². The first-order chi connectivity index (χ1) is 11.3. The molecule has 0 aromatic heterocycles. The van der Waals surface area contributed by atoms with Crippen LogP contribution in [0.2, 0.25) is 0 Å². The first kappa shape index (κ1) is 17.6. The van der Waals surface area contributed by atoms with Crippen molar-refractivity contribution in [3.8, 4) is 5.75 Å². The topological polar surface area (TPSA) is 64.1 Å². The zero-order valence-corrected chi connectivity index (χ0v) is 14.0. The fourth-order valence-electron chi connectivity index (χ4n) is 2.42. The van der Waals surface area contributed by atoms with Crippen molar-refractivity contribution >= 4 is 5.96 Å². The van der Waals surface area contributed by atoms with E-state index < -0.39 is 0 Å². The first-order valence-corrected chi connectivity index (χ1v) is 8.09. The second-order valence-electron chi connectivity index (χ2n) is 5.37. The standard InChI is InChI=1S/C17H27N3O3/c1-18-17(19-9-5-10-23-15-8-11-22-13-15)20-12-14-6-3-4-7-16(14)21-2/h3-4,6-7,15H,5,8-13H2,1-2H3,(H2,18,19,20). The largest absolute Gasteiger partial charge is 0.496 e. The molecule has 6 heteroatoms. The Balaban J connectivity index is 1.63. The minimum absolute atomic E-state index is 0.276. The maximum absolute atomic E-state index is 5.74. The van der Waals surface area contributed by atoms with E-state index in [-0.39, 0.29) is 6.10 Å². The van der Waals surface area contributed by atoms with Gasteiger partial charge in [0.1, 0.15) is 5.75 Å². The van der Waals surface area contributed by atoms with Gasteiger partial charge in [0.05, 0.1) is 19.8 Å². The number of rotatable bonds is 8. The smallest absolute Gasteiger partial charge is 0.191 e. The van der Waals surface area contributed by atoms with Crippen LogP contribution in [0.25, 0.3) is 0 Å². The molecule has 0 spiro atoms. The highest BCUT2D eigenvalue weighted by Crippen LogP contribution is 2.16. The summed E-state index contributed by atoms with van der Waals surface area (Å²) in [4.78, 5) is 4.23. The van der Waals surface area contributed by atoms with E-state index in [1.165, 1.54) is 0 Å². The monoisotopic (exact) mass is 321 g/mol. The quantitative estimate of drug-likeness (QED) is 0.432. The molecule has 1 aromatic rings. The van der Waals surface area contributed by atoms with Crippen molar-refractivity contribution in [2.75, 3.05) is 40.5 Å². The number of hydrogen-bond donors (Lipinski definition) is 2. The summed E-state index contributed by atoms with van der Waals surface area (Å²) in [6, 6.07) is 7.96. The van der Waals surface area contributed by atoms with Crippen LogP contribution in [0.1, 0.15) is 18.4 Å². The lowest BCUT2D eigenvalue weighted by Gasteiger charge is -2.14. The summed E-state index contributed by atoms with van der Waals surface area (Å²) < 4.78 is 16.4. The summed E-state index contributed by atoms with van der Waals surface area (Å²) in [5, 5.41) is 6.58. The molecule has 1 atom stereocenters. The van der Waals surface area contributed by atoms with Crippen LogP contribution in [0.15, 0.2) is 29.3 Å². The van der Waals surface area contributed by atoms with Crippen LogP contribution < -0.4 is 15.4 Å². The molecule has 1 heterocycles. The molecule has 0 aliphatic carbocycles. The van der Waals surface area contributed by atoms with E-state index in [9.17, 15) is 0 Å². The molecule has 23 heavy (non-hydrogen) atoms. The minimum atomic E-state index is 0.276. The minimum Gasteiger partial charge on any atom is -0.496 e. The lowest BCUT2D eigenvalue weighted by Crippen LogP contribution is -2.37. The Labute approximate surface area is 138 Å². The second-order valence-corrected chi connectivity index (χ2v) is 5.37. The Morgan fingerprint density at radius 1 is 1.35 bits per heavy atom. The van der Waals surface area contributed by atoms with Crippen LogP contribution in [0.5, 0.6) is 5.75 Å². The van der Waals surface area contributed by atoms with Gasteiger partial charge in [-0.2, -0.15) is 0 Å². The Morgan fingerprint density at radius 2 is 2.22 bits per heavy atom. The van der Waals surface area contributed by atoms with Gasteiger partial charge in [0.25, 0.3) is 0 Å². The molecule has 1 aliphatic heterocycles. The van der Waals surface area contributed by atoms with E-state index in [0.717, 1.165) is 56.5 Å². The number of ether oxygens (including phenoxy) is 3. The van der Waals surface area contributed by atoms with Crippen molar-refractivity contribution in [2.45, 2.75) is 25.5 Å². The number of nitrogens with zero attached hydrogens (tertiary/aromatic N) is 1. The number of para-hydroxylation sites is 1. The van der Waals surface area contributed by atoms with Gasteiger partial charge < -0.3 is 24.8 Å². The third-order valence-electron chi connectivity index (χ3n) is 3.72. The summed E-state index contributed by atoms with van der Waals surface area (Å²) >= 11 is 0. The van der Waals surface area contributed by atoms with Crippen molar-refractivity contribution in [3.63, 3.8) is 0 Å². The van der Waals surface area contributed by atoms with E-state index in [4.69, 9.17) is 14.2 Å². The van der Waals surface area contributed by atoms with Crippen LogP contribution in [0.3, 0.4) is 0 Å². The summed E-state index contributed by atoms with van der Waals surface area (Å²) in [5.41, 5.74) is 1.10. The van der Waals surface area contributed by atoms with Gasteiger partial charge in [0.15, 0.2) is 5.96 Å². The molecule has 6 nitrogen and oxygen atoms in total. The average Bonchev–Trinajstić information content (AvgIpc) is 3.11. The molecular formula is C17H27N3O3. The third-order valence-corrected chi connectivity index (χ3v) is 3.72. The van der Waals surface area contributed by atoms with Crippen molar-refractivity contribution in [2.24, 2.45) is 4.99 Å². The van der Waals surface area contributed by atoms with E-state index in [0.29, 0.717) is 6.54 Å². The van der Waals surface area contributed by atoms with Gasteiger partial charge in [-0.05, 0) is 18.9 Å². The second kappa shape index (κ2) is 10.1. The number of hydrogen-bond acceptors (Lipinski definition) is 4.